The minimum atomic E-state index is -0.316. The third-order valence-electron chi connectivity index (χ3n) is 22.6. The van der Waals surface area contributed by atoms with Crippen molar-refractivity contribution in [2.75, 3.05) is 9.80 Å². The second kappa shape index (κ2) is 28.4. The van der Waals surface area contributed by atoms with Gasteiger partial charge < -0.3 is 9.80 Å². The van der Waals surface area contributed by atoms with Crippen molar-refractivity contribution in [3.63, 3.8) is 0 Å². The summed E-state index contributed by atoms with van der Waals surface area (Å²) in [5.41, 5.74) is 34.3. The average Bonchev–Trinajstić information content (AvgIpc) is 1.34. The normalized spacial score (nSPS) is 13.7. The van der Waals surface area contributed by atoms with Crippen molar-refractivity contribution in [2.45, 2.75) is 77.7 Å². The molecule has 0 radical (unpaired) electrons. The Bertz CT molecular complexity index is 5730. The Labute approximate surface area is 625 Å². The molecular formula is C104H86N2. The number of benzene rings is 15. The molecule has 0 saturated heterocycles. The summed E-state index contributed by atoms with van der Waals surface area (Å²) in [6, 6.07) is 139. The van der Waals surface area contributed by atoms with Crippen molar-refractivity contribution < 1.29 is 0 Å². The predicted molar refractivity (Wildman–Crippen MR) is 450 cm³/mol. The molecule has 0 bridgehead atoms. The van der Waals surface area contributed by atoms with Crippen LogP contribution in [0.4, 0.5) is 28.4 Å². The number of rotatable bonds is 18. The van der Waals surface area contributed by atoms with E-state index >= 15 is 0 Å². The highest BCUT2D eigenvalue weighted by molar-refractivity contribution is 6.00. The summed E-state index contributed by atoms with van der Waals surface area (Å²) in [6.07, 6.45) is 2.37. The van der Waals surface area contributed by atoms with Gasteiger partial charge >= 0.3 is 0 Å². The number of hydrogen-bond donors (Lipinski definition) is 0. The van der Waals surface area contributed by atoms with Crippen LogP contribution in [0.2, 0.25) is 0 Å². The largest absolute Gasteiger partial charge is 0.334 e. The number of anilines is 5. The monoisotopic (exact) mass is 1360 g/mol. The number of nitrogens with zero attached hydrogens (tertiary/aromatic N) is 2. The zero-order chi connectivity index (χ0) is 71.9. The summed E-state index contributed by atoms with van der Waals surface area (Å²) in [4.78, 5) is 5.28. The molecule has 2 nitrogen and oxygen atoms in total. The zero-order valence-electron chi connectivity index (χ0n) is 61.3. The molecule has 15 aromatic carbocycles. The van der Waals surface area contributed by atoms with Gasteiger partial charge in [0.25, 0.3) is 0 Å². The van der Waals surface area contributed by atoms with Crippen molar-refractivity contribution in [3.8, 4) is 89.0 Å². The highest BCUT2D eigenvalue weighted by Gasteiger charge is 2.39. The Morgan fingerprint density at radius 2 is 0.604 bits per heavy atom. The molecule has 2 aliphatic carbocycles. The molecular weight excluding hydrogens is 1280 g/mol. The van der Waals surface area contributed by atoms with Crippen LogP contribution in [0.3, 0.4) is 0 Å². The highest BCUT2D eigenvalue weighted by atomic mass is 15.2. The Morgan fingerprint density at radius 1 is 0.264 bits per heavy atom. The predicted octanol–water partition coefficient (Wildman–Crippen LogP) is 26.6. The molecule has 2 aliphatic rings. The Hall–Kier alpha value is -12.4. The van der Waals surface area contributed by atoms with Crippen molar-refractivity contribution in [3.05, 3.63) is 414 Å². The van der Waals surface area contributed by atoms with Gasteiger partial charge in [-0.3, -0.25) is 0 Å². The fourth-order valence-electron chi connectivity index (χ4n) is 17.5. The smallest absolute Gasteiger partial charge is 0.0603 e. The molecule has 17 rings (SSSR count). The standard InChI is InChI=1S/C104H86N2/c1-7-37-99(106(80-52-31-16-32-53-80)83-60-63-89-87-55-34-36-57-96(87)104(5,6)98(89)70-83)102(101-92(75-46-25-13-26-47-75)66-78(72-40-19-10-20-41-72)67-93(101)76-48-27-14-28-49-76)94-68-81(105(79-50-29-15-30-51-79)82-59-62-88-86-54-33-35-56-95(86)103(3,4)97(88)69-82)58-61-85(94)84(8-2)100-90(73-42-21-11-22-43-73)64-77(71-38-17-9-18-39-71)65-91(100)74-44-23-12-24-45-74/h9-36,38-70,99H,7-8,37H2,1-6H3/b85-84+,102-94+. The molecule has 0 saturated carbocycles. The molecule has 0 aromatic heterocycles. The van der Waals surface area contributed by atoms with Crippen LogP contribution in [0.1, 0.15) is 94.2 Å². The van der Waals surface area contributed by atoms with E-state index < -0.39 is 0 Å². The van der Waals surface area contributed by atoms with Crippen LogP contribution in [0, 0.1) is 0 Å². The van der Waals surface area contributed by atoms with Gasteiger partial charge in [-0.2, -0.15) is 0 Å². The molecule has 0 amide bonds. The quantitative estimate of drug-likeness (QED) is 0.0845. The summed E-state index contributed by atoms with van der Waals surface area (Å²) in [7, 11) is 0. The Balaban J connectivity index is 1.11. The fourth-order valence-corrected chi connectivity index (χ4v) is 17.5. The van der Waals surface area contributed by atoms with Crippen molar-refractivity contribution in [1.82, 2.24) is 0 Å². The maximum absolute atomic E-state index is 2.74. The van der Waals surface area contributed by atoms with Crippen LogP contribution >= 0.6 is 0 Å². The molecule has 0 N–H and O–H groups in total. The van der Waals surface area contributed by atoms with E-state index in [1.165, 1.54) is 94.3 Å². The van der Waals surface area contributed by atoms with E-state index in [0.29, 0.717) is 6.42 Å². The third-order valence-corrected chi connectivity index (χ3v) is 22.6. The third kappa shape index (κ3) is 12.1. The van der Waals surface area contributed by atoms with E-state index in [-0.39, 0.29) is 16.9 Å². The first-order valence-electron chi connectivity index (χ1n) is 37.8. The fraction of sp³-hybridized carbons (Fsp3) is 0.115. The molecule has 0 fully saturated rings. The van der Waals surface area contributed by atoms with Crippen LogP contribution in [0.15, 0.2) is 370 Å². The summed E-state index contributed by atoms with van der Waals surface area (Å²) < 4.78 is 0. The lowest BCUT2D eigenvalue weighted by molar-refractivity contribution is 0.658. The van der Waals surface area contributed by atoms with Gasteiger partial charge in [-0.05, 0) is 242 Å². The SMILES string of the molecule is CCCC(/C(c1c(-c2ccccc2)cc(-c2ccccc2)cc1-c1ccccc1)=c1/cc(N(c2ccccc2)c2ccc3c(c2)C(C)(C)c2ccccc2-3)cc/c1=C(/CC)c1c(-c2ccccc2)cc(-c2ccccc2)cc1-c1ccccc1)N(c1ccccc1)c1ccc2c(c1)C(C)(C)c1ccccc1-2. The second-order valence-electron chi connectivity index (χ2n) is 29.5. The number of para-hydroxylation sites is 2. The molecule has 106 heavy (non-hydrogen) atoms. The van der Waals surface area contributed by atoms with Crippen LogP contribution < -0.4 is 20.2 Å². The summed E-state index contributed by atoms with van der Waals surface area (Å²) in [5, 5.41) is 2.33. The molecule has 0 heterocycles. The van der Waals surface area contributed by atoms with E-state index in [1.54, 1.807) is 0 Å². The van der Waals surface area contributed by atoms with Gasteiger partial charge in [0.05, 0.1) is 6.04 Å². The van der Waals surface area contributed by atoms with Crippen LogP contribution in [0.5, 0.6) is 0 Å². The van der Waals surface area contributed by atoms with Gasteiger partial charge in [0.1, 0.15) is 0 Å². The lowest BCUT2D eigenvalue weighted by Crippen LogP contribution is -2.41. The topological polar surface area (TPSA) is 6.48 Å². The molecule has 1 atom stereocenters. The molecule has 15 aromatic rings. The highest BCUT2D eigenvalue weighted by Crippen LogP contribution is 2.54. The molecule has 512 valence electrons. The van der Waals surface area contributed by atoms with Crippen LogP contribution in [-0.2, 0) is 10.8 Å². The minimum Gasteiger partial charge on any atom is -0.334 e. The lowest BCUT2D eigenvalue weighted by Gasteiger charge is -2.38. The number of fused-ring (bicyclic) bond motifs is 6. The van der Waals surface area contributed by atoms with Gasteiger partial charge in [0.15, 0.2) is 0 Å². The molecule has 2 heteroatoms. The van der Waals surface area contributed by atoms with Gasteiger partial charge in [0.2, 0.25) is 0 Å². The molecule has 0 spiro atoms. The van der Waals surface area contributed by atoms with E-state index in [0.717, 1.165) is 91.0 Å². The molecule has 1 unspecified atom stereocenters. The molecule has 0 aliphatic heterocycles. The van der Waals surface area contributed by atoms with E-state index in [2.05, 4.69) is 421 Å². The summed E-state index contributed by atoms with van der Waals surface area (Å²) >= 11 is 0. The lowest BCUT2D eigenvalue weighted by atomic mass is 9.78. The maximum atomic E-state index is 2.74. The Morgan fingerprint density at radius 3 is 1.03 bits per heavy atom. The van der Waals surface area contributed by atoms with Gasteiger partial charge in [-0.15, -0.1) is 0 Å². The van der Waals surface area contributed by atoms with E-state index in [9.17, 15) is 0 Å². The number of hydrogen-bond acceptors (Lipinski definition) is 2. The van der Waals surface area contributed by atoms with Crippen LogP contribution in [0.25, 0.3) is 100 Å². The summed E-state index contributed by atoms with van der Waals surface area (Å²) in [6.45, 7) is 14.4. The maximum Gasteiger partial charge on any atom is 0.0603 e. The van der Waals surface area contributed by atoms with Crippen LogP contribution in [-0.4, -0.2) is 6.04 Å². The van der Waals surface area contributed by atoms with Gasteiger partial charge in [-0.25, -0.2) is 0 Å². The zero-order valence-corrected chi connectivity index (χ0v) is 61.3. The first-order valence-corrected chi connectivity index (χ1v) is 37.8. The first-order chi connectivity index (χ1) is 52.0. The van der Waals surface area contributed by atoms with E-state index in [4.69, 9.17) is 0 Å². The first kappa shape index (κ1) is 66.9. The van der Waals surface area contributed by atoms with Crippen molar-refractivity contribution in [1.29, 1.82) is 0 Å². The minimum absolute atomic E-state index is 0.244. The van der Waals surface area contributed by atoms with E-state index in [1.807, 2.05) is 0 Å². The van der Waals surface area contributed by atoms with Gasteiger partial charge in [0, 0.05) is 39.3 Å². The average molecular weight is 1360 g/mol. The second-order valence-corrected chi connectivity index (χ2v) is 29.5. The Kier molecular flexibility index (Phi) is 17.9. The van der Waals surface area contributed by atoms with Crippen molar-refractivity contribution in [2.24, 2.45) is 0 Å². The summed E-state index contributed by atoms with van der Waals surface area (Å²) in [5.74, 6) is 0. The van der Waals surface area contributed by atoms with Gasteiger partial charge in [-0.1, -0.05) is 333 Å². The van der Waals surface area contributed by atoms with Crippen molar-refractivity contribution >= 4 is 39.6 Å².